The second-order valence-corrected chi connectivity index (χ2v) is 5.69. The van der Waals surface area contributed by atoms with Crippen molar-refractivity contribution in [1.82, 2.24) is 29.3 Å². The Labute approximate surface area is 132 Å². The number of fused-ring (bicyclic) bond motifs is 2. The van der Waals surface area contributed by atoms with Crippen LogP contribution in [0.15, 0.2) is 24.7 Å². The van der Waals surface area contributed by atoms with E-state index < -0.39 is 0 Å². The van der Waals surface area contributed by atoms with Gasteiger partial charge in [0.05, 0.1) is 37.3 Å². The van der Waals surface area contributed by atoms with Gasteiger partial charge < -0.3 is 10.0 Å². The third kappa shape index (κ3) is 2.27. The summed E-state index contributed by atoms with van der Waals surface area (Å²) in [4.78, 5) is 18.9. The molecule has 3 aromatic heterocycles. The molecule has 0 aliphatic carbocycles. The summed E-state index contributed by atoms with van der Waals surface area (Å²) in [5.74, 6) is -0.0886. The first-order chi connectivity index (χ1) is 11.2. The second kappa shape index (κ2) is 5.17. The van der Waals surface area contributed by atoms with Gasteiger partial charge in [0.15, 0.2) is 5.65 Å². The molecule has 8 heteroatoms. The number of aliphatic hydroxyl groups is 1. The fourth-order valence-electron chi connectivity index (χ4n) is 2.87. The molecule has 1 N–H and O–H groups in total. The van der Waals surface area contributed by atoms with Crippen molar-refractivity contribution in [1.29, 1.82) is 0 Å². The average Bonchev–Trinajstić information content (AvgIpc) is 3.16. The van der Waals surface area contributed by atoms with Crippen LogP contribution in [0.4, 0.5) is 0 Å². The van der Waals surface area contributed by atoms with Gasteiger partial charge in [-0.2, -0.15) is 10.2 Å². The molecule has 0 atom stereocenters. The van der Waals surface area contributed by atoms with Gasteiger partial charge in [0.1, 0.15) is 5.56 Å². The van der Waals surface area contributed by atoms with Crippen molar-refractivity contribution >= 4 is 11.6 Å². The summed E-state index contributed by atoms with van der Waals surface area (Å²) in [6.45, 7) is 3.49. The zero-order valence-electron chi connectivity index (χ0n) is 12.7. The first-order valence-electron chi connectivity index (χ1n) is 7.41. The summed E-state index contributed by atoms with van der Waals surface area (Å²) < 4.78 is 3.47. The van der Waals surface area contributed by atoms with Crippen molar-refractivity contribution in [3.63, 3.8) is 0 Å². The van der Waals surface area contributed by atoms with Gasteiger partial charge in [-0.3, -0.25) is 9.48 Å². The number of nitrogens with zero attached hydrogens (tertiary/aromatic N) is 6. The molecule has 1 amide bonds. The Morgan fingerprint density at radius 1 is 1.35 bits per heavy atom. The Morgan fingerprint density at radius 2 is 2.22 bits per heavy atom. The Balaban J connectivity index is 1.64. The molecule has 0 aromatic carbocycles. The summed E-state index contributed by atoms with van der Waals surface area (Å²) in [7, 11) is 0. The van der Waals surface area contributed by atoms with E-state index >= 15 is 0 Å². The van der Waals surface area contributed by atoms with E-state index in [1.54, 1.807) is 21.8 Å². The van der Waals surface area contributed by atoms with Gasteiger partial charge in [-0.15, -0.1) is 0 Å². The predicted molar refractivity (Wildman–Crippen MR) is 80.6 cm³/mol. The van der Waals surface area contributed by atoms with E-state index in [0.717, 1.165) is 11.3 Å². The summed E-state index contributed by atoms with van der Waals surface area (Å²) in [6, 6.07) is 1.83. The van der Waals surface area contributed by atoms with Gasteiger partial charge in [-0.25, -0.2) is 9.50 Å². The number of aliphatic hydroxyl groups excluding tert-OH is 1. The monoisotopic (exact) mass is 312 g/mol. The quantitative estimate of drug-likeness (QED) is 0.739. The predicted octanol–water partition coefficient (Wildman–Crippen LogP) is 0.383. The van der Waals surface area contributed by atoms with Crippen LogP contribution in [0.5, 0.6) is 0 Å². The third-order valence-corrected chi connectivity index (χ3v) is 4.01. The minimum Gasteiger partial charge on any atom is -0.390 e. The lowest BCUT2D eigenvalue weighted by Gasteiger charge is -2.27. The Bertz CT molecular complexity index is 897. The average molecular weight is 312 g/mol. The molecule has 4 heterocycles. The molecule has 1 aliphatic heterocycles. The van der Waals surface area contributed by atoms with Crippen LogP contribution < -0.4 is 0 Å². The van der Waals surface area contributed by atoms with Crippen LogP contribution in [0.2, 0.25) is 0 Å². The van der Waals surface area contributed by atoms with Crippen molar-refractivity contribution in [2.75, 3.05) is 6.54 Å². The molecule has 0 fully saturated rings. The molecule has 0 spiro atoms. The molecule has 8 nitrogen and oxygen atoms in total. The topological polar surface area (TPSA) is 88.5 Å². The van der Waals surface area contributed by atoms with Crippen LogP contribution in [0.25, 0.3) is 5.65 Å². The number of carbonyl (C=O) groups is 1. The van der Waals surface area contributed by atoms with Crippen LogP contribution in [-0.2, 0) is 19.7 Å². The van der Waals surface area contributed by atoms with Crippen molar-refractivity contribution in [2.45, 2.75) is 26.6 Å². The fraction of sp³-hybridized carbons (Fsp3) is 0.333. The van der Waals surface area contributed by atoms with Crippen LogP contribution in [0.1, 0.15) is 27.3 Å². The van der Waals surface area contributed by atoms with Crippen molar-refractivity contribution < 1.29 is 9.90 Å². The maximum atomic E-state index is 12.8. The normalized spacial score (nSPS) is 14.3. The molecule has 4 rings (SSSR count). The Kier molecular flexibility index (Phi) is 3.12. The zero-order chi connectivity index (χ0) is 16.0. The van der Waals surface area contributed by atoms with Gasteiger partial charge in [0.25, 0.3) is 5.91 Å². The lowest BCUT2D eigenvalue weighted by atomic mass is 10.2. The second-order valence-electron chi connectivity index (χ2n) is 5.69. The lowest BCUT2D eigenvalue weighted by molar-refractivity contribution is 0.0707. The van der Waals surface area contributed by atoms with E-state index in [9.17, 15) is 9.90 Å². The van der Waals surface area contributed by atoms with Crippen LogP contribution >= 0.6 is 0 Å². The highest BCUT2D eigenvalue weighted by molar-refractivity contribution is 5.99. The summed E-state index contributed by atoms with van der Waals surface area (Å²) >= 11 is 0. The molecule has 1 aliphatic rings. The van der Waals surface area contributed by atoms with E-state index in [2.05, 4.69) is 15.2 Å². The first kappa shape index (κ1) is 13.9. The fourth-order valence-corrected chi connectivity index (χ4v) is 2.87. The van der Waals surface area contributed by atoms with Gasteiger partial charge in [0.2, 0.25) is 0 Å². The molecule has 3 aromatic rings. The van der Waals surface area contributed by atoms with Gasteiger partial charge in [0, 0.05) is 18.9 Å². The zero-order valence-corrected chi connectivity index (χ0v) is 12.7. The van der Waals surface area contributed by atoms with Gasteiger partial charge in [-0.05, 0) is 18.6 Å². The Morgan fingerprint density at radius 3 is 3.04 bits per heavy atom. The van der Waals surface area contributed by atoms with Crippen LogP contribution in [0.3, 0.4) is 0 Å². The van der Waals surface area contributed by atoms with Crippen molar-refractivity contribution in [3.8, 4) is 0 Å². The maximum Gasteiger partial charge on any atom is 0.259 e. The number of hydrogen-bond acceptors (Lipinski definition) is 5. The highest BCUT2D eigenvalue weighted by Gasteiger charge is 2.25. The van der Waals surface area contributed by atoms with Crippen LogP contribution in [-0.4, -0.2) is 46.8 Å². The number of aryl methyl sites for hydroxylation is 1. The number of amides is 1. The molecular formula is C15H16N6O2. The van der Waals surface area contributed by atoms with Gasteiger partial charge in [-0.1, -0.05) is 0 Å². The standard InChI is InChI=1S/C15H16N6O2/c1-10-5-16-14-13(6-17-21(14)7-10)15(23)19-2-3-20-12(8-19)4-11(9-22)18-20/h4-7,22H,2-3,8-9H2,1H3. The molecule has 118 valence electrons. The highest BCUT2D eigenvalue weighted by Crippen LogP contribution is 2.18. The largest absolute Gasteiger partial charge is 0.390 e. The molecule has 0 saturated heterocycles. The third-order valence-electron chi connectivity index (χ3n) is 4.01. The number of aromatic nitrogens is 5. The SMILES string of the molecule is Cc1cnc2c(C(=O)N3CCn4nc(CO)cc4C3)cnn2c1. The Hall–Kier alpha value is -2.74. The highest BCUT2D eigenvalue weighted by atomic mass is 16.3. The first-order valence-corrected chi connectivity index (χ1v) is 7.41. The summed E-state index contributed by atoms with van der Waals surface area (Å²) in [5.41, 5.74) is 3.60. The lowest BCUT2D eigenvalue weighted by Crippen LogP contribution is -2.38. The molecular weight excluding hydrogens is 296 g/mol. The minimum absolute atomic E-state index is 0.0886. The van der Waals surface area contributed by atoms with Gasteiger partial charge >= 0.3 is 0 Å². The van der Waals surface area contributed by atoms with E-state index in [4.69, 9.17) is 0 Å². The summed E-state index contributed by atoms with van der Waals surface area (Å²) in [5, 5.41) is 17.7. The summed E-state index contributed by atoms with van der Waals surface area (Å²) in [6.07, 6.45) is 5.14. The van der Waals surface area contributed by atoms with Crippen molar-refractivity contribution in [3.05, 3.63) is 47.2 Å². The smallest absolute Gasteiger partial charge is 0.259 e. The van der Waals surface area contributed by atoms with Crippen LogP contribution in [0, 0.1) is 6.92 Å². The van der Waals surface area contributed by atoms with E-state index in [1.165, 1.54) is 0 Å². The molecule has 0 radical (unpaired) electrons. The van der Waals surface area contributed by atoms with Crippen molar-refractivity contribution in [2.24, 2.45) is 0 Å². The molecule has 23 heavy (non-hydrogen) atoms. The maximum absolute atomic E-state index is 12.8. The van der Waals surface area contributed by atoms with E-state index in [-0.39, 0.29) is 12.5 Å². The molecule has 0 saturated carbocycles. The number of rotatable bonds is 2. The molecule has 0 unspecified atom stereocenters. The van der Waals surface area contributed by atoms with E-state index in [0.29, 0.717) is 36.5 Å². The number of carbonyl (C=O) groups excluding carboxylic acids is 1. The molecule has 0 bridgehead atoms. The minimum atomic E-state index is -0.0920. The van der Waals surface area contributed by atoms with E-state index in [1.807, 2.05) is 23.9 Å². The number of hydrogen-bond donors (Lipinski definition) is 1.